The summed E-state index contributed by atoms with van der Waals surface area (Å²) in [7, 11) is 0. The molecule has 25 heavy (non-hydrogen) atoms. The molecule has 0 bridgehead atoms. The normalized spacial score (nSPS) is 12.6. The van der Waals surface area contributed by atoms with Gasteiger partial charge in [0.15, 0.2) is 5.16 Å². The second-order valence-electron chi connectivity index (χ2n) is 6.35. The molecule has 5 nitrogen and oxygen atoms in total. The first-order valence-electron chi connectivity index (χ1n) is 8.48. The molecule has 136 valence electrons. The van der Waals surface area contributed by atoms with E-state index < -0.39 is 0 Å². The summed E-state index contributed by atoms with van der Waals surface area (Å²) in [5.41, 5.74) is 0.469. The number of carbonyl (C=O) groups excluding carboxylic acids is 1. The third kappa shape index (κ3) is 4.98. The van der Waals surface area contributed by atoms with Crippen molar-refractivity contribution in [3.8, 4) is 0 Å². The summed E-state index contributed by atoms with van der Waals surface area (Å²) in [5.74, 6) is 0.398. The minimum Gasteiger partial charge on any atom is -0.355 e. The fraction of sp³-hybridized carbons (Fsp3) is 0.500. The van der Waals surface area contributed by atoms with Crippen molar-refractivity contribution < 1.29 is 4.79 Å². The average Bonchev–Trinajstić information content (AvgIpc) is 2.54. The summed E-state index contributed by atoms with van der Waals surface area (Å²) in [4.78, 5) is 29.6. The van der Waals surface area contributed by atoms with Crippen LogP contribution in [0.25, 0.3) is 10.9 Å². The summed E-state index contributed by atoms with van der Waals surface area (Å²) >= 11 is 7.35. The number of nitrogens with zero attached hydrogens (tertiary/aromatic N) is 2. The molecule has 1 N–H and O–H groups in total. The second kappa shape index (κ2) is 8.72. The van der Waals surface area contributed by atoms with Crippen molar-refractivity contribution in [2.45, 2.75) is 51.1 Å². The molecule has 0 aliphatic heterocycles. The quantitative estimate of drug-likeness (QED) is 0.586. The van der Waals surface area contributed by atoms with Crippen LogP contribution in [0.4, 0.5) is 0 Å². The van der Waals surface area contributed by atoms with Gasteiger partial charge < -0.3 is 5.32 Å². The van der Waals surface area contributed by atoms with Crippen LogP contribution in [0.3, 0.4) is 0 Å². The number of hydrogen-bond donors (Lipinski definition) is 1. The van der Waals surface area contributed by atoms with E-state index in [1.807, 2.05) is 13.8 Å². The monoisotopic (exact) mass is 381 g/mol. The molecule has 0 saturated heterocycles. The zero-order valence-corrected chi connectivity index (χ0v) is 16.6. The Kier molecular flexibility index (Phi) is 6.90. The lowest BCUT2D eigenvalue weighted by molar-refractivity contribution is -0.120. The van der Waals surface area contributed by atoms with Crippen molar-refractivity contribution in [3.05, 3.63) is 33.6 Å². The molecule has 1 heterocycles. The molecular formula is C18H24ClN3O2S. The fourth-order valence-corrected chi connectivity index (χ4v) is 3.50. The Morgan fingerprint density at radius 2 is 2.08 bits per heavy atom. The summed E-state index contributed by atoms with van der Waals surface area (Å²) in [6.07, 6.45) is 0.865. The van der Waals surface area contributed by atoms with E-state index in [0.717, 1.165) is 6.42 Å². The summed E-state index contributed by atoms with van der Waals surface area (Å²) in [6, 6.07) is 5.09. The number of nitrogens with one attached hydrogen (secondary N) is 1. The SMILES string of the molecule is CCNC(=O)[C@H](C)Sc1nc2cc(Cl)ccc2c(=O)n1CCC(C)C. The van der Waals surface area contributed by atoms with E-state index in [0.29, 0.717) is 40.1 Å². The van der Waals surface area contributed by atoms with E-state index in [-0.39, 0.29) is 16.7 Å². The van der Waals surface area contributed by atoms with Crippen molar-refractivity contribution in [1.82, 2.24) is 14.9 Å². The van der Waals surface area contributed by atoms with Crippen molar-refractivity contribution in [2.24, 2.45) is 5.92 Å². The molecule has 0 radical (unpaired) electrons. The third-order valence-electron chi connectivity index (χ3n) is 3.81. The molecule has 0 saturated carbocycles. The van der Waals surface area contributed by atoms with Crippen LogP contribution >= 0.6 is 23.4 Å². The first kappa shape index (κ1) is 19.8. The number of carbonyl (C=O) groups is 1. The number of rotatable bonds is 7. The minimum absolute atomic E-state index is 0.0663. The number of amides is 1. The van der Waals surface area contributed by atoms with Crippen LogP contribution < -0.4 is 10.9 Å². The predicted molar refractivity (Wildman–Crippen MR) is 104 cm³/mol. The highest BCUT2D eigenvalue weighted by molar-refractivity contribution is 8.00. The lowest BCUT2D eigenvalue weighted by Gasteiger charge is -2.17. The topological polar surface area (TPSA) is 64.0 Å². The Hall–Kier alpha value is -1.53. The fourth-order valence-electron chi connectivity index (χ4n) is 2.38. The Labute approximate surface area is 157 Å². The second-order valence-corrected chi connectivity index (χ2v) is 8.09. The van der Waals surface area contributed by atoms with Gasteiger partial charge in [0, 0.05) is 18.1 Å². The van der Waals surface area contributed by atoms with E-state index in [4.69, 9.17) is 11.6 Å². The number of thioether (sulfide) groups is 1. The Morgan fingerprint density at radius 1 is 1.36 bits per heavy atom. The molecule has 1 amide bonds. The number of fused-ring (bicyclic) bond motifs is 1. The molecule has 0 unspecified atom stereocenters. The molecule has 0 spiro atoms. The van der Waals surface area contributed by atoms with E-state index in [1.54, 1.807) is 22.8 Å². The molecule has 2 rings (SSSR count). The van der Waals surface area contributed by atoms with Crippen molar-refractivity contribution in [3.63, 3.8) is 0 Å². The molecule has 0 aliphatic rings. The standard InChI is InChI=1S/C18H24ClN3O2S/c1-5-20-16(23)12(4)25-18-21-15-10-13(19)6-7-14(15)17(24)22(18)9-8-11(2)3/h6-7,10-12H,5,8-9H2,1-4H3,(H,20,23)/t12-/m0/s1. The first-order chi connectivity index (χ1) is 11.8. The molecule has 1 aromatic heterocycles. The summed E-state index contributed by atoms with van der Waals surface area (Å²) in [6.45, 7) is 9.07. The lowest BCUT2D eigenvalue weighted by Crippen LogP contribution is -2.32. The maximum Gasteiger partial charge on any atom is 0.262 e. The van der Waals surface area contributed by atoms with Crippen LogP contribution in [-0.2, 0) is 11.3 Å². The summed E-state index contributed by atoms with van der Waals surface area (Å²) < 4.78 is 1.68. The molecular weight excluding hydrogens is 358 g/mol. The van der Waals surface area contributed by atoms with Crippen molar-refractivity contribution in [1.29, 1.82) is 0 Å². The van der Waals surface area contributed by atoms with Gasteiger partial charge in [-0.25, -0.2) is 4.98 Å². The number of benzene rings is 1. The number of halogens is 1. The van der Waals surface area contributed by atoms with Gasteiger partial charge in [-0.2, -0.15) is 0 Å². The van der Waals surface area contributed by atoms with Crippen molar-refractivity contribution in [2.75, 3.05) is 6.54 Å². The number of aromatic nitrogens is 2. The van der Waals surface area contributed by atoms with Gasteiger partial charge in [0.05, 0.1) is 16.2 Å². The van der Waals surface area contributed by atoms with Gasteiger partial charge in [-0.15, -0.1) is 0 Å². The van der Waals surface area contributed by atoms with Crippen LogP contribution in [0.15, 0.2) is 28.2 Å². The molecule has 0 fully saturated rings. The van der Waals surface area contributed by atoms with E-state index in [1.165, 1.54) is 11.8 Å². The average molecular weight is 382 g/mol. The molecule has 7 heteroatoms. The van der Waals surface area contributed by atoms with Gasteiger partial charge in [0.1, 0.15) is 0 Å². The third-order valence-corrected chi connectivity index (χ3v) is 5.14. The van der Waals surface area contributed by atoms with E-state index >= 15 is 0 Å². The van der Waals surface area contributed by atoms with Gasteiger partial charge in [0.2, 0.25) is 5.91 Å². The maximum absolute atomic E-state index is 12.9. The van der Waals surface area contributed by atoms with Gasteiger partial charge in [-0.05, 0) is 44.4 Å². The zero-order valence-electron chi connectivity index (χ0n) is 15.0. The number of hydrogen-bond acceptors (Lipinski definition) is 4. The lowest BCUT2D eigenvalue weighted by atomic mass is 10.1. The largest absolute Gasteiger partial charge is 0.355 e. The molecule has 1 atom stereocenters. The molecule has 1 aromatic carbocycles. The van der Waals surface area contributed by atoms with Crippen LogP contribution in [0.2, 0.25) is 5.02 Å². The van der Waals surface area contributed by atoms with Crippen LogP contribution in [0.1, 0.15) is 34.1 Å². The highest BCUT2D eigenvalue weighted by Gasteiger charge is 2.19. The van der Waals surface area contributed by atoms with Gasteiger partial charge in [-0.3, -0.25) is 14.2 Å². The van der Waals surface area contributed by atoms with Crippen LogP contribution in [0, 0.1) is 5.92 Å². The predicted octanol–water partition coefficient (Wildman–Crippen LogP) is 3.71. The van der Waals surface area contributed by atoms with Gasteiger partial charge >= 0.3 is 0 Å². The first-order valence-corrected chi connectivity index (χ1v) is 9.73. The minimum atomic E-state index is -0.339. The van der Waals surface area contributed by atoms with Gasteiger partial charge in [0.25, 0.3) is 5.56 Å². The van der Waals surface area contributed by atoms with Crippen LogP contribution in [-0.4, -0.2) is 27.3 Å². The Bertz CT molecular complexity index is 820. The molecule has 0 aliphatic carbocycles. The smallest absolute Gasteiger partial charge is 0.262 e. The molecule has 2 aromatic rings. The highest BCUT2D eigenvalue weighted by Crippen LogP contribution is 2.24. The summed E-state index contributed by atoms with van der Waals surface area (Å²) in [5, 5.41) is 4.09. The van der Waals surface area contributed by atoms with E-state index in [9.17, 15) is 9.59 Å². The zero-order chi connectivity index (χ0) is 18.6. The van der Waals surface area contributed by atoms with E-state index in [2.05, 4.69) is 24.1 Å². The van der Waals surface area contributed by atoms with Gasteiger partial charge in [-0.1, -0.05) is 37.2 Å². The maximum atomic E-state index is 12.9. The van der Waals surface area contributed by atoms with Crippen LogP contribution in [0.5, 0.6) is 0 Å². The Morgan fingerprint density at radius 3 is 2.72 bits per heavy atom. The highest BCUT2D eigenvalue weighted by atomic mass is 35.5. The Balaban J connectivity index is 2.48. The van der Waals surface area contributed by atoms with Crippen molar-refractivity contribution >= 4 is 40.2 Å².